The average Bonchev–Trinajstić information content (AvgIpc) is 3.11. The number of likely N-dealkylation sites (N-methyl/N-ethyl adjacent to an activating group) is 1. The van der Waals surface area contributed by atoms with Crippen LogP contribution in [0.2, 0.25) is 0 Å². The van der Waals surface area contributed by atoms with Crippen LogP contribution in [0, 0.1) is 0 Å². The third-order valence-corrected chi connectivity index (χ3v) is 6.06. The van der Waals surface area contributed by atoms with E-state index in [1.165, 1.54) is 0 Å². The van der Waals surface area contributed by atoms with Gasteiger partial charge in [0.15, 0.2) is 0 Å². The number of rotatable bonds is 6. The Morgan fingerprint density at radius 3 is 2.63 bits per heavy atom. The van der Waals surface area contributed by atoms with Gasteiger partial charge in [0, 0.05) is 19.5 Å². The molecule has 0 aliphatic rings. The molecule has 2 atom stereocenters. The highest BCUT2D eigenvalue weighted by atomic mass is 32.1. The van der Waals surface area contributed by atoms with Gasteiger partial charge in [-0.25, -0.2) is 4.98 Å². The molecule has 0 N–H and O–H groups in total. The van der Waals surface area contributed by atoms with Crippen LogP contribution >= 0.6 is 11.3 Å². The van der Waals surface area contributed by atoms with Gasteiger partial charge in [-0.15, -0.1) is 17.9 Å². The van der Waals surface area contributed by atoms with Crippen LogP contribution in [0.15, 0.2) is 61.2 Å². The topological polar surface area (TPSA) is 42.4 Å². The number of hydrogen-bond acceptors (Lipinski definition) is 4. The van der Waals surface area contributed by atoms with Gasteiger partial charge in [0.2, 0.25) is 5.91 Å². The first-order valence-electron chi connectivity index (χ1n) is 8.75. The van der Waals surface area contributed by atoms with Gasteiger partial charge in [0.1, 0.15) is 16.7 Å². The van der Waals surface area contributed by atoms with Crippen LogP contribution in [0.25, 0.3) is 10.2 Å². The van der Waals surface area contributed by atoms with Gasteiger partial charge < -0.3 is 9.64 Å². The predicted octanol–water partition coefficient (Wildman–Crippen LogP) is 4.62. The minimum absolute atomic E-state index is 0.000670. The quantitative estimate of drug-likeness (QED) is 0.586. The second-order valence-electron chi connectivity index (χ2n) is 6.90. The van der Waals surface area contributed by atoms with E-state index in [2.05, 4.69) is 6.58 Å². The molecule has 0 spiro atoms. The molecule has 3 aromatic rings. The lowest BCUT2D eigenvalue weighted by Gasteiger charge is -2.35. The fourth-order valence-electron chi connectivity index (χ4n) is 3.25. The van der Waals surface area contributed by atoms with E-state index in [0.29, 0.717) is 0 Å². The first-order valence-corrected chi connectivity index (χ1v) is 9.57. The third kappa shape index (κ3) is 3.47. The van der Waals surface area contributed by atoms with E-state index in [9.17, 15) is 4.79 Å². The Balaban J connectivity index is 2.21. The van der Waals surface area contributed by atoms with E-state index < -0.39 is 11.3 Å². The van der Waals surface area contributed by atoms with Crippen molar-refractivity contribution in [2.75, 3.05) is 21.2 Å². The number of amides is 1. The zero-order chi connectivity index (χ0) is 19.6. The minimum atomic E-state index is -0.635. The van der Waals surface area contributed by atoms with Gasteiger partial charge >= 0.3 is 0 Å². The van der Waals surface area contributed by atoms with Gasteiger partial charge in [-0.1, -0.05) is 37.3 Å². The van der Waals surface area contributed by atoms with Crippen molar-refractivity contribution < 1.29 is 9.53 Å². The number of thiazole rings is 1. The maximum Gasteiger partial charge on any atom is 0.233 e. The van der Waals surface area contributed by atoms with Crippen molar-refractivity contribution in [3.05, 3.63) is 71.8 Å². The number of methoxy groups -OCH3 is 1. The Labute approximate surface area is 164 Å². The van der Waals surface area contributed by atoms with Gasteiger partial charge in [-0.2, -0.15) is 0 Å². The zero-order valence-corrected chi connectivity index (χ0v) is 16.9. The van der Waals surface area contributed by atoms with Gasteiger partial charge in [-0.05, 0) is 29.8 Å². The first-order chi connectivity index (χ1) is 12.9. The molecule has 0 radical (unpaired) electrons. The van der Waals surface area contributed by atoms with Gasteiger partial charge in [-0.3, -0.25) is 4.79 Å². The number of fused-ring (bicyclic) bond motifs is 1. The van der Waals surface area contributed by atoms with E-state index in [1.54, 1.807) is 37.4 Å². The highest BCUT2D eigenvalue weighted by Crippen LogP contribution is 2.44. The minimum Gasteiger partial charge on any atom is -0.497 e. The molecule has 0 unspecified atom stereocenters. The van der Waals surface area contributed by atoms with Crippen molar-refractivity contribution in [3.8, 4) is 5.75 Å². The first kappa shape index (κ1) is 19.1. The fourth-order valence-corrected chi connectivity index (χ4v) is 4.45. The van der Waals surface area contributed by atoms with E-state index in [0.717, 1.165) is 26.5 Å². The molecule has 4 nitrogen and oxygen atoms in total. The lowest BCUT2D eigenvalue weighted by molar-refractivity contribution is -0.131. The summed E-state index contributed by atoms with van der Waals surface area (Å²) in [6, 6.07) is 15.8. The standard InChI is InChI=1S/C22H24N2O2S/c1-6-22(2,15-10-9-11-16(14-15)26-5)19(21(25)24(3)4)20-23-17-12-7-8-13-18(17)27-20/h6-14,19H,1H2,2-5H3/t19-,22+/m1/s1. The molecule has 0 aliphatic carbocycles. The number of carbonyl (C=O) groups excluding carboxylic acids is 1. The number of aromatic nitrogens is 1. The number of ether oxygens (including phenoxy) is 1. The zero-order valence-electron chi connectivity index (χ0n) is 16.1. The van der Waals surface area contributed by atoms with E-state index >= 15 is 0 Å². The summed E-state index contributed by atoms with van der Waals surface area (Å²) in [4.78, 5) is 19.7. The highest BCUT2D eigenvalue weighted by Gasteiger charge is 2.42. The van der Waals surface area contributed by atoms with Crippen LogP contribution in [0.1, 0.15) is 23.4 Å². The molecule has 0 fully saturated rings. The second kappa shape index (κ2) is 7.53. The molecule has 0 saturated heterocycles. The Kier molecular flexibility index (Phi) is 5.33. The Morgan fingerprint density at radius 1 is 1.26 bits per heavy atom. The summed E-state index contributed by atoms with van der Waals surface area (Å²) >= 11 is 1.56. The molecule has 0 aliphatic heterocycles. The summed E-state index contributed by atoms with van der Waals surface area (Å²) in [5.74, 6) is 0.273. The normalized spacial score (nSPS) is 14.4. The monoisotopic (exact) mass is 380 g/mol. The number of carbonyl (C=O) groups is 1. The lowest BCUT2D eigenvalue weighted by atomic mass is 9.71. The molecule has 3 rings (SSSR count). The van der Waals surface area contributed by atoms with E-state index in [4.69, 9.17) is 9.72 Å². The predicted molar refractivity (Wildman–Crippen MR) is 112 cm³/mol. The molecule has 27 heavy (non-hydrogen) atoms. The number of hydrogen-bond donors (Lipinski definition) is 0. The number of benzene rings is 2. The summed E-state index contributed by atoms with van der Waals surface area (Å²) in [5, 5.41) is 0.792. The molecule has 2 aromatic carbocycles. The largest absolute Gasteiger partial charge is 0.497 e. The molecular formula is C22H24N2O2S. The molecule has 0 bridgehead atoms. The van der Waals surface area contributed by atoms with Crippen molar-refractivity contribution in [3.63, 3.8) is 0 Å². The van der Waals surface area contributed by atoms with E-state index in [1.807, 2.05) is 61.5 Å². The van der Waals surface area contributed by atoms with Gasteiger partial charge in [0.25, 0.3) is 0 Å². The highest BCUT2D eigenvalue weighted by molar-refractivity contribution is 7.18. The van der Waals surface area contributed by atoms with Crippen LogP contribution < -0.4 is 4.74 Å². The smallest absolute Gasteiger partial charge is 0.233 e. The molecule has 1 amide bonds. The number of nitrogens with zero attached hydrogens (tertiary/aromatic N) is 2. The molecular weight excluding hydrogens is 356 g/mol. The van der Waals surface area contributed by atoms with Crippen molar-refractivity contribution in [2.24, 2.45) is 0 Å². The summed E-state index contributed by atoms with van der Waals surface area (Å²) < 4.78 is 6.46. The number of allylic oxidation sites excluding steroid dienone is 1. The average molecular weight is 381 g/mol. The van der Waals surface area contributed by atoms with Crippen LogP contribution in [0.4, 0.5) is 0 Å². The van der Waals surface area contributed by atoms with Crippen molar-refractivity contribution in [1.29, 1.82) is 0 Å². The molecule has 5 heteroatoms. The van der Waals surface area contributed by atoms with Crippen LogP contribution in [-0.2, 0) is 10.2 Å². The second-order valence-corrected chi connectivity index (χ2v) is 7.97. The molecule has 1 aromatic heterocycles. The SMILES string of the molecule is C=C[C@@](C)(c1cccc(OC)c1)[C@@H](C(=O)N(C)C)c1nc2ccccc2s1. The van der Waals surface area contributed by atoms with E-state index in [-0.39, 0.29) is 5.91 Å². The van der Waals surface area contributed by atoms with Gasteiger partial charge in [0.05, 0.1) is 17.3 Å². The van der Waals surface area contributed by atoms with Crippen molar-refractivity contribution >= 4 is 27.5 Å². The third-order valence-electron chi connectivity index (χ3n) is 4.96. The fraction of sp³-hybridized carbons (Fsp3) is 0.273. The maximum atomic E-state index is 13.3. The summed E-state index contributed by atoms with van der Waals surface area (Å²) in [5.41, 5.74) is 1.24. The number of para-hydroxylation sites is 1. The Bertz CT molecular complexity index is 946. The Hall–Kier alpha value is -2.66. The summed E-state index contributed by atoms with van der Waals surface area (Å²) in [6.07, 6.45) is 1.85. The van der Waals surface area contributed by atoms with Crippen molar-refractivity contribution in [1.82, 2.24) is 9.88 Å². The van der Waals surface area contributed by atoms with Crippen LogP contribution in [-0.4, -0.2) is 37.0 Å². The molecule has 0 saturated carbocycles. The summed E-state index contributed by atoms with van der Waals surface area (Å²) in [7, 11) is 5.19. The molecule has 140 valence electrons. The lowest BCUT2D eigenvalue weighted by Crippen LogP contribution is -2.40. The molecule has 1 heterocycles. The maximum absolute atomic E-state index is 13.3. The Morgan fingerprint density at radius 2 is 2.00 bits per heavy atom. The van der Waals surface area contributed by atoms with Crippen molar-refractivity contribution in [2.45, 2.75) is 18.3 Å². The van der Waals surface area contributed by atoms with Crippen LogP contribution in [0.3, 0.4) is 0 Å². The van der Waals surface area contributed by atoms with Crippen LogP contribution in [0.5, 0.6) is 5.75 Å². The summed E-state index contributed by atoms with van der Waals surface area (Å²) in [6.45, 7) is 6.11.